The predicted molar refractivity (Wildman–Crippen MR) is 86.4 cm³/mol. The highest BCUT2D eigenvalue weighted by Crippen LogP contribution is 2.14. The van der Waals surface area contributed by atoms with Gasteiger partial charge in [-0.3, -0.25) is 9.48 Å². The molecule has 0 fully saturated rings. The van der Waals surface area contributed by atoms with E-state index in [1.165, 1.54) is 0 Å². The summed E-state index contributed by atoms with van der Waals surface area (Å²) in [5.41, 5.74) is 7.23. The van der Waals surface area contributed by atoms with E-state index >= 15 is 0 Å². The minimum Gasteiger partial charge on any atom is -0.396 e. The van der Waals surface area contributed by atoms with Crippen LogP contribution in [-0.4, -0.2) is 25.5 Å². The Balaban J connectivity index is 1.67. The number of rotatable bonds is 4. The van der Waals surface area contributed by atoms with Crippen LogP contribution in [0.2, 0.25) is 0 Å². The molecule has 0 bridgehead atoms. The molecule has 0 spiro atoms. The molecule has 0 saturated heterocycles. The summed E-state index contributed by atoms with van der Waals surface area (Å²) in [7, 11) is 0. The summed E-state index contributed by atoms with van der Waals surface area (Å²) in [6.07, 6.45) is 4.97. The van der Waals surface area contributed by atoms with Crippen LogP contribution in [0.15, 0.2) is 53.4 Å². The highest BCUT2D eigenvalue weighted by Gasteiger charge is 2.10. The summed E-state index contributed by atoms with van der Waals surface area (Å²) in [6, 6.07) is 8.99. The van der Waals surface area contributed by atoms with Gasteiger partial charge in [-0.05, 0) is 30.3 Å². The summed E-state index contributed by atoms with van der Waals surface area (Å²) in [5, 5.41) is 11.1. The van der Waals surface area contributed by atoms with Gasteiger partial charge in [-0.1, -0.05) is 15.9 Å². The zero-order valence-corrected chi connectivity index (χ0v) is 13.1. The van der Waals surface area contributed by atoms with E-state index in [0.29, 0.717) is 23.7 Å². The Morgan fingerprint density at radius 1 is 1.23 bits per heavy atom. The van der Waals surface area contributed by atoms with Crippen molar-refractivity contribution >= 4 is 33.2 Å². The number of carbonyl (C=O) groups excluding carboxylic acids is 1. The molecule has 2 aromatic heterocycles. The fraction of sp³-hybridized carbons (Fsp3) is 0.0714. The number of nitrogens with one attached hydrogen (secondary N) is 1. The Morgan fingerprint density at radius 2 is 2.00 bits per heavy atom. The molecule has 0 radical (unpaired) electrons. The third-order valence-corrected chi connectivity index (χ3v) is 3.45. The molecule has 0 aliphatic rings. The molecule has 2 heterocycles. The molecule has 0 unspecified atom stereocenters. The number of hydrogen-bond acceptors (Lipinski definition) is 4. The number of carbonyl (C=O) groups is 1. The first-order chi connectivity index (χ1) is 10.6. The molecule has 0 saturated carbocycles. The van der Waals surface area contributed by atoms with Gasteiger partial charge in [-0.2, -0.15) is 10.2 Å². The second-order valence-electron chi connectivity index (χ2n) is 4.66. The highest BCUT2D eigenvalue weighted by atomic mass is 79.9. The fourth-order valence-corrected chi connectivity index (χ4v) is 2.16. The molecule has 0 aliphatic carbocycles. The van der Waals surface area contributed by atoms with Crippen LogP contribution in [0, 0.1) is 0 Å². The van der Waals surface area contributed by atoms with Gasteiger partial charge in [0, 0.05) is 16.4 Å². The molecule has 0 aliphatic heterocycles. The van der Waals surface area contributed by atoms with Crippen LogP contribution in [0.4, 0.5) is 11.4 Å². The molecule has 22 heavy (non-hydrogen) atoms. The molecule has 112 valence electrons. The van der Waals surface area contributed by atoms with Crippen molar-refractivity contribution in [2.75, 3.05) is 11.1 Å². The van der Waals surface area contributed by atoms with Gasteiger partial charge in [0.15, 0.2) is 5.69 Å². The minimum absolute atomic E-state index is 0.263. The molecule has 0 atom stereocenters. The Bertz CT molecular complexity index is 792. The lowest BCUT2D eigenvalue weighted by Crippen LogP contribution is -2.14. The number of anilines is 2. The lowest BCUT2D eigenvalue weighted by atomic mass is 10.3. The largest absolute Gasteiger partial charge is 0.396 e. The highest BCUT2D eigenvalue weighted by molar-refractivity contribution is 9.10. The predicted octanol–water partition coefficient (Wildman–Crippen LogP) is 2.18. The maximum atomic E-state index is 12.1. The van der Waals surface area contributed by atoms with Crippen molar-refractivity contribution in [3.05, 3.63) is 59.1 Å². The van der Waals surface area contributed by atoms with Gasteiger partial charge >= 0.3 is 0 Å². The van der Waals surface area contributed by atoms with Crippen LogP contribution >= 0.6 is 15.9 Å². The number of amides is 1. The van der Waals surface area contributed by atoms with Crippen LogP contribution in [0.3, 0.4) is 0 Å². The average Bonchev–Trinajstić information content (AvgIpc) is 3.11. The summed E-state index contributed by atoms with van der Waals surface area (Å²) < 4.78 is 4.20. The Labute approximate surface area is 134 Å². The van der Waals surface area contributed by atoms with Gasteiger partial charge in [-0.15, -0.1) is 0 Å². The van der Waals surface area contributed by atoms with Crippen LogP contribution in [0.5, 0.6) is 0 Å². The second kappa shape index (κ2) is 6.02. The van der Waals surface area contributed by atoms with Crippen LogP contribution < -0.4 is 11.1 Å². The SMILES string of the molecule is Nc1cnn(Cn2ccc(C(=O)Nc3ccc(Br)cc3)n2)c1. The molecule has 3 rings (SSSR count). The normalized spacial score (nSPS) is 10.6. The Hall–Kier alpha value is -2.61. The molecule has 3 aromatic rings. The zero-order valence-electron chi connectivity index (χ0n) is 11.5. The van der Waals surface area contributed by atoms with E-state index in [2.05, 4.69) is 31.4 Å². The van der Waals surface area contributed by atoms with Crippen molar-refractivity contribution in [3.63, 3.8) is 0 Å². The summed E-state index contributed by atoms with van der Waals surface area (Å²) in [5.74, 6) is -0.263. The molecular formula is C14H13BrN6O. The zero-order chi connectivity index (χ0) is 15.5. The summed E-state index contributed by atoms with van der Waals surface area (Å²) >= 11 is 3.35. The molecule has 8 heteroatoms. The standard InChI is InChI=1S/C14H13BrN6O/c15-10-1-3-12(4-2-10)18-14(22)13-5-6-20(19-13)9-21-8-11(16)7-17-21/h1-8H,9,16H2,(H,18,22). The topological polar surface area (TPSA) is 90.8 Å². The van der Waals surface area contributed by atoms with Crippen molar-refractivity contribution < 1.29 is 4.79 Å². The minimum atomic E-state index is -0.263. The molecule has 1 amide bonds. The number of hydrogen-bond donors (Lipinski definition) is 2. The number of nitrogens with zero attached hydrogens (tertiary/aromatic N) is 4. The second-order valence-corrected chi connectivity index (χ2v) is 5.57. The molecule has 3 N–H and O–H groups in total. The van der Waals surface area contributed by atoms with Crippen LogP contribution in [0.1, 0.15) is 10.5 Å². The van der Waals surface area contributed by atoms with Gasteiger partial charge in [-0.25, -0.2) is 4.68 Å². The van der Waals surface area contributed by atoms with E-state index in [0.717, 1.165) is 4.47 Å². The quantitative estimate of drug-likeness (QED) is 0.745. The van der Waals surface area contributed by atoms with E-state index in [-0.39, 0.29) is 5.91 Å². The van der Waals surface area contributed by atoms with Gasteiger partial charge in [0.1, 0.15) is 6.67 Å². The lowest BCUT2D eigenvalue weighted by molar-refractivity contribution is 0.102. The van der Waals surface area contributed by atoms with Gasteiger partial charge in [0.05, 0.1) is 18.1 Å². The Morgan fingerprint density at radius 3 is 2.68 bits per heavy atom. The Kier molecular flexibility index (Phi) is 3.92. The summed E-state index contributed by atoms with van der Waals surface area (Å²) in [6.45, 7) is 0.392. The van der Waals surface area contributed by atoms with Crippen molar-refractivity contribution in [3.8, 4) is 0 Å². The number of aromatic nitrogens is 4. The van der Waals surface area contributed by atoms with E-state index in [1.807, 2.05) is 24.3 Å². The van der Waals surface area contributed by atoms with E-state index in [1.54, 1.807) is 34.0 Å². The lowest BCUT2D eigenvalue weighted by Gasteiger charge is -2.03. The van der Waals surface area contributed by atoms with E-state index < -0.39 is 0 Å². The average molecular weight is 361 g/mol. The van der Waals surface area contributed by atoms with Crippen molar-refractivity contribution in [2.24, 2.45) is 0 Å². The van der Waals surface area contributed by atoms with Crippen LogP contribution in [-0.2, 0) is 6.67 Å². The van der Waals surface area contributed by atoms with Gasteiger partial charge in [0.25, 0.3) is 5.91 Å². The van der Waals surface area contributed by atoms with Crippen molar-refractivity contribution in [1.82, 2.24) is 19.6 Å². The fourth-order valence-electron chi connectivity index (χ4n) is 1.90. The molecule has 7 nitrogen and oxygen atoms in total. The van der Waals surface area contributed by atoms with Crippen molar-refractivity contribution in [1.29, 1.82) is 0 Å². The molecule has 1 aromatic carbocycles. The van der Waals surface area contributed by atoms with Gasteiger partial charge < -0.3 is 11.1 Å². The van der Waals surface area contributed by atoms with Crippen molar-refractivity contribution in [2.45, 2.75) is 6.67 Å². The van der Waals surface area contributed by atoms with Crippen LogP contribution in [0.25, 0.3) is 0 Å². The first-order valence-corrected chi connectivity index (χ1v) is 7.28. The number of halogens is 1. The third-order valence-electron chi connectivity index (χ3n) is 2.92. The maximum Gasteiger partial charge on any atom is 0.276 e. The number of benzene rings is 1. The first kappa shape index (κ1) is 14.3. The van der Waals surface area contributed by atoms with E-state index in [9.17, 15) is 4.79 Å². The number of nitrogen functional groups attached to an aromatic ring is 1. The van der Waals surface area contributed by atoms with Gasteiger partial charge in [0.2, 0.25) is 0 Å². The third kappa shape index (κ3) is 3.34. The maximum absolute atomic E-state index is 12.1. The summed E-state index contributed by atoms with van der Waals surface area (Å²) in [4.78, 5) is 12.1. The number of nitrogens with two attached hydrogens (primary N) is 1. The molecular weight excluding hydrogens is 348 g/mol. The first-order valence-electron chi connectivity index (χ1n) is 6.48. The monoisotopic (exact) mass is 360 g/mol. The van der Waals surface area contributed by atoms with E-state index in [4.69, 9.17) is 5.73 Å². The smallest absolute Gasteiger partial charge is 0.276 e.